The molecule has 1 fully saturated rings. The Morgan fingerprint density at radius 2 is 1.78 bits per heavy atom. The van der Waals surface area contributed by atoms with Gasteiger partial charge in [0.1, 0.15) is 5.82 Å². The molecule has 2 heterocycles. The third-order valence-electron chi connectivity index (χ3n) is 4.32. The van der Waals surface area contributed by atoms with E-state index in [0.717, 1.165) is 43.0 Å². The summed E-state index contributed by atoms with van der Waals surface area (Å²) in [5, 5.41) is 3.48. The van der Waals surface area contributed by atoms with E-state index in [0.29, 0.717) is 6.04 Å². The molecule has 1 amide bonds. The number of hydrogen-bond acceptors (Lipinski definition) is 3. The van der Waals surface area contributed by atoms with Crippen LogP contribution in [-0.4, -0.2) is 34.9 Å². The summed E-state index contributed by atoms with van der Waals surface area (Å²) in [6.45, 7) is 5.60. The van der Waals surface area contributed by atoms with Crippen molar-refractivity contribution < 1.29 is 4.79 Å². The smallest absolute Gasteiger partial charge is 0.253 e. The highest BCUT2D eigenvalue weighted by atomic mass is 16.2. The van der Waals surface area contributed by atoms with Gasteiger partial charge in [0.15, 0.2) is 0 Å². The highest BCUT2D eigenvalue weighted by Crippen LogP contribution is 2.17. The molecule has 0 radical (unpaired) electrons. The third kappa shape index (κ3) is 3.89. The Hall–Kier alpha value is -2.36. The summed E-state index contributed by atoms with van der Waals surface area (Å²) in [6, 6.07) is 14.2. The second-order valence-corrected chi connectivity index (χ2v) is 6.24. The first kappa shape index (κ1) is 15.5. The number of carbonyl (C=O) groups excluding carboxylic acids is 1. The van der Waals surface area contributed by atoms with Crippen molar-refractivity contribution in [1.29, 1.82) is 0 Å². The summed E-state index contributed by atoms with van der Waals surface area (Å²) in [4.78, 5) is 19.0. The normalized spacial score (nSPS) is 15.5. The van der Waals surface area contributed by atoms with Crippen LogP contribution in [0.2, 0.25) is 0 Å². The molecule has 23 heavy (non-hydrogen) atoms. The zero-order valence-corrected chi connectivity index (χ0v) is 13.7. The average molecular weight is 309 g/mol. The van der Waals surface area contributed by atoms with E-state index in [2.05, 4.69) is 10.3 Å². The van der Waals surface area contributed by atoms with Crippen molar-refractivity contribution in [3.63, 3.8) is 0 Å². The van der Waals surface area contributed by atoms with E-state index < -0.39 is 0 Å². The number of hydrogen-bond donors (Lipinski definition) is 1. The zero-order valence-electron chi connectivity index (χ0n) is 13.7. The van der Waals surface area contributed by atoms with E-state index in [-0.39, 0.29) is 5.91 Å². The van der Waals surface area contributed by atoms with E-state index in [1.807, 2.05) is 61.2 Å². The predicted octanol–water partition coefficient (Wildman–Crippen LogP) is 3.42. The number of aryl methyl sites for hydroxylation is 2. The van der Waals surface area contributed by atoms with Crippen LogP contribution in [0.25, 0.3) is 0 Å². The van der Waals surface area contributed by atoms with E-state index in [1.165, 1.54) is 5.56 Å². The molecule has 120 valence electrons. The lowest BCUT2D eigenvalue weighted by molar-refractivity contribution is 0.0718. The lowest BCUT2D eigenvalue weighted by Gasteiger charge is -2.32. The molecular formula is C19H23N3O. The van der Waals surface area contributed by atoms with Gasteiger partial charge in [-0.2, -0.15) is 0 Å². The van der Waals surface area contributed by atoms with Crippen molar-refractivity contribution in [1.82, 2.24) is 9.88 Å². The Balaban J connectivity index is 1.55. The Morgan fingerprint density at radius 3 is 2.43 bits per heavy atom. The molecule has 4 heteroatoms. The maximum atomic E-state index is 12.5. The van der Waals surface area contributed by atoms with Crippen LogP contribution < -0.4 is 5.32 Å². The quantitative estimate of drug-likeness (QED) is 0.945. The molecule has 1 aromatic carbocycles. The summed E-state index contributed by atoms with van der Waals surface area (Å²) in [7, 11) is 0. The number of carbonyl (C=O) groups is 1. The lowest BCUT2D eigenvalue weighted by Crippen LogP contribution is -2.42. The van der Waals surface area contributed by atoms with Crippen molar-refractivity contribution in [2.24, 2.45) is 0 Å². The minimum absolute atomic E-state index is 0.136. The summed E-state index contributed by atoms with van der Waals surface area (Å²) >= 11 is 0. The highest BCUT2D eigenvalue weighted by molar-refractivity contribution is 5.94. The van der Waals surface area contributed by atoms with Gasteiger partial charge >= 0.3 is 0 Å². The number of amides is 1. The van der Waals surface area contributed by atoms with Crippen molar-refractivity contribution in [2.45, 2.75) is 32.7 Å². The molecule has 0 saturated carbocycles. The van der Waals surface area contributed by atoms with Gasteiger partial charge in [0, 0.05) is 30.4 Å². The van der Waals surface area contributed by atoms with Gasteiger partial charge < -0.3 is 10.2 Å². The fourth-order valence-electron chi connectivity index (χ4n) is 2.94. The molecule has 0 unspecified atom stereocenters. The van der Waals surface area contributed by atoms with Crippen LogP contribution >= 0.6 is 0 Å². The number of pyridine rings is 1. The minimum Gasteiger partial charge on any atom is -0.367 e. The number of nitrogens with one attached hydrogen (secondary N) is 1. The van der Waals surface area contributed by atoms with Crippen molar-refractivity contribution in [2.75, 3.05) is 18.4 Å². The van der Waals surface area contributed by atoms with E-state index in [4.69, 9.17) is 0 Å². The van der Waals surface area contributed by atoms with E-state index >= 15 is 0 Å². The van der Waals surface area contributed by atoms with Gasteiger partial charge in [-0.05, 0) is 51.0 Å². The SMILES string of the molecule is Cc1ccc(C(=O)N2CCC(Nc3cccc(C)n3)CC2)cc1. The fraction of sp³-hybridized carbons (Fsp3) is 0.368. The molecule has 1 saturated heterocycles. The molecule has 0 aliphatic carbocycles. The summed E-state index contributed by atoms with van der Waals surface area (Å²) in [5.74, 6) is 1.06. The maximum absolute atomic E-state index is 12.5. The first-order valence-electron chi connectivity index (χ1n) is 8.18. The van der Waals surface area contributed by atoms with Gasteiger partial charge in [-0.15, -0.1) is 0 Å². The molecule has 1 aliphatic rings. The van der Waals surface area contributed by atoms with Crippen molar-refractivity contribution in [3.05, 3.63) is 59.3 Å². The lowest BCUT2D eigenvalue weighted by atomic mass is 10.0. The van der Waals surface area contributed by atoms with Gasteiger partial charge in [-0.3, -0.25) is 4.79 Å². The topological polar surface area (TPSA) is 45.2 Å². The Morgan fingerprint density at radius 1 is 1.09 bits per heavy atom. The van der Waals surface area contributed by atoms with Gasteiger partial charge in [-0.25, -0.2) is 4.98 Å². The van der Waals surface area contributed by atoms with Crippen LogP contribution in [0.4, 0.5) is 5.82 Å². The molecule has 0 bridgehead atoms. The number of rotatable bonds is 3. The minimum atomic E-state index is 0.136. The van der Waals surface area contributed by atoms with Crippen LogP contribution in [0.15, 0.2) is 42.5 Å². The molecular weight excluding hydrogens is 286 g/mol. The third-order valence-corrected chi connectivity index (χ3v) is 4.32. The molecule has 1 N–H and O–H groups in total. The number of nitrogens with zero attached hydrogens (tertiary/aromatic N) is 2. The monoisotopic (exact) mass is 309 g/mol. The molecule has 0 atom stereocenters. The molecule has 0 spiro atoms. The van der Waals surface area contributed by atoms with Crippen molar-refractivity contribution >= 4 is 11.7 Å². The number of anilines is 1. The number of piperidine rings is 1. The van der Waals surface area contributed by atoms with Crippen LogP contribution in [0.1, 0.15) is 34.5 Å². The van der Waals surface area contributed by atoms with Crippen molar-refractivity contribution in [3.8, 4) is 0 Å². The summed E-state index contributed by atoms with van der Waals surface area (Å²) < 4.78 is 0. The molecule has 3 rings (SSSR count). The maximum Gasteiger partial charge on any atom is 0.253 e. The van der Waals surface area contributed by atoms with E-state index in [9.17, 15) is 4.79 Å². The largest absolute Gasteiger partial charge is 0.367 e. The Labute approximate surface area is 137 Å². The molecule has 1 aromatic heterocycles. The molecule has 4 nitrogen and oxygen atoms in total. The number of likely N-dealkylation sites (tertiary alicyclic amines) is 1. The predicted molar refractivity (Wildman–Crippen MR) is 92.7 cm³/mol. The number of benzene rings is 1. The zero-order chi connectivity index (χ0) is 16.2. The summed E-state index contributed by atoms with van der Waals surface area (Å²) in [5.41, 5.74) is 2.97. The van der Waals surface area contributed by atoms with Gasteiger partial charge in [0.2, 0.25) is 0 Å². The highest BCUT2D eigenvalue weighted by Gasteiger charge is 2.23. The second-order valence-electron chi connectivity index (χ2n) is 6.24. The van der Waals surface area contributed by atoms with Gasteiger partial charge in [0.05, 0.1) is 0 Å². The number of aromatic nitrogens is 1. The van der Waals surface area contributed by atoms with Crippen LogP contribution in [0.5, 0.6) is 0 Å². The first-order chi connectivity index (χ1) is 11.1. The van der Waals surface area contributed by atoms with Crippen LogP contribution in [0.3, 0.4) is 0 Å². The molecule has 2 aromatic rings. The van der Waals surface area contributed by atoms with Crippen LogP contribution in [0, 0.1) is 13.8 Å². The average Bonchev–Trinajstić information content (AvgIpc) is 2.56. The Bertz CT molecular complexity index is 673. The summed E-state index contributed by atoms with van der Waals surface area (Å²) in [6.07, 6.45) is 1.90. The van der Waals surface area contributed by atoms with Gasteiger partial charge in [0.25, 0.3) is 5.91 Å². The Kier molecular flexibility index (Phi) is 4.60. The first-order valence-corrected chi connectivity index (χ1v) is 8.18. The van der Waals surface area contributed by atoms with Gasteiger partial charge in [-0.1, -0.05) is 23.8 Å². The molecule has 1 aliphatic heterocycles. The van der Waals surface area contributed by atoms with E-state index in [1.54, 1.807) is 0 Å². The fourth-order valence-corrected chi connectivity index (χ4v) is 2.94. The standard InChI is InChI=1S/C19H23N3O/c1-14-6-8-16(9-7-14)19(23)22-12-10-17(11-13-22)21-18-5-3-4-15(2)20-18/h3-9,17H,10-13H2,1-2H3,(H,20,21). The second kappa shape index (κ2) is 6.82. The van der Waals surface area contributed by atoms with Crippen LogP contribution in [-0.2, 0) is 0 Å².